The largest absolute Gasteiger partial charge is 0.386 e. The molecule has 1 aliphatic heterocycles. The summed E-state index contributed by atoms with van der Waals surface area (Å²) in [5.41, 5.74) is 4.19. The fourth-order valence-corrected chi connectivity index (χ4v) is 2.94. The van der Waals surface area contributed by atoms with Crippen molar-refractivity contribution in [3.05, 3.63) is 72.4 Å². The maximum atomic E-state index is 10.8. The van der Waals surface area contributed by atoms with E-state index in [1.165, 1.54) is 0 Å². The van der Waals surface area contributed by atoms with Gasteiger partial charge in [0.15, 0.2) is 0 Å². The van der Waals surface area contributed by atoms with Gasteiger partial charge in [0.05, 0.1) is 24.3 Å². The van der Waals surface area contributed by atoms with E-state index in [2.05, 4.69) is 22.1 Å². The Morgan fingerprint density at radius 2 is 1.85 bits per heavy atom. The van der Waals surface area contributed by atoms with Crippen molar-refractivity contribution in [2.75, 3.05) is 0 Å². The molecular weight excluding hydrogens is 250 g/mol. The highest BCUT2D eigenvalue weighted by Gasteiger charge is 2.33. The van der Waals surface area contributed by atoms with E-state index in [-0.39, 0.29) is 6.04 Å². The summed E-state index contributed by atoms with van der Waals surface area (Å²) in [5.74, 6) is 0. The molecule has 0 bridgehead atoms. The number of aromatic nitrogens is 3. The van der Waals surface area contributed by atoms with Gasteiger partial charge in [-0.25, -0.2) is 4.98 Å². The van der Waals surface area contributed by atoms with Crippen LogP contribution in [-0.2, 0) is 0 Å². The van der Waals surface area contributed by atoms with E-state index in [1.54, 1.807) is 18.7 Å². The third-order valence-corrected chi connectivity index (χ3v) is 3.87. The molecule has 1 aromatic carbocycles. The van der Waals surface area contributed by atoms with Gasteiger partial charge in [0.25, 0.3) is 0 Å². The maximum Gasteiger partial charge on any atom is 0.104 e. The molecule has 2 aromatic heterocycles. The Kier molecular flexibility index (Phi) is 2.44. The molecule has 20 heavy (non-hydrogen) atoms. The second-order valence-electron chi connectivity index (χ2n) is 4.94. The lowest BCUT2D eigenvalue weighted by atomic mass is 9.95. The van der Waals surface area contributed by atoms with E-state index in [9.17, 15) is 5.11 Å². The van der Waals surface area contributed by atoms with Crippen LogP contribution < -0.4 is 0 Å². The summed E-state index contributed by atoms with van der Waals surface area (Å²) in [6.07, 6.45) is 6.42. The number of aliphatic hydroxyl groups is 1. The molecule has 2 unspecified atom stereocenters. The molecule has 98 valence electrons. The minimum atomic E-state index is -0.616. The zero-order valence-corrected chi connectivity index (χ0v) is 10.7. The van der Waals surface area contributed by atoms with Crippen molar-refractivity contribution in [3.8, 4) is 11.3 Å². The Hall–Kier alpha value is -2.46. The predicted molar refractivity (Wildman–Crippen MR) is 75.0 cm³/mol. The summed E-state index contributed by atoms with van der Waals surface area (Å²) in [4.78, 5) is 8.21. The molecule has 0 saturated carbocycles. The van der Waals surface area contributed by atoms with Crippen molar-refractivity contribution in [1.82, 2.24) is 14.5 Å². The fourth-order valence-electron chi connectivity index (χ4n) is 2.94. The molecular formula is C16H13N3O. The lowest BCUT2D eigenvalue weighted by Crippen LogP contribution is -2.15. The highest BCUT2D eigenvalue weighted by atomic mass is 16.3. The molecule has 4 heteroatoms. The van der Waals surface area contributed by atoms with E-state index in [1.807, 2.05) is 35.0 Å². The smallest absolute Gasteiger partial charge is 0.104 e. The number of rotatable bonds is 2. The molecule has 1 N–H and O–H groups in total. The first-order chi connectivity index (χ1) is 9.86. The van der Waals surface area contributed by atoms with Gasteiger partial charge in [0, 0.05) is 18.0 Å². The van der Waals surface area contributed by atoms with Gasteiger partial charge in [-0.05, 0) is 23.3 Å². The Bertz CT molecular complexity index is 751. The number of hydrogen-bond acceptors (Lipinski definition) is 3. The number of fused-ring (bicyclic) bond motifs is 3. The van der Waals surface area contributed by atoms with E-state index in [0.29, 0.717) is 0 Å². The first-order valence-corrected chi connectivity index (χ1v) is 6.55. The number of hydrogen-bond donors (Lipinski definition) is 1. The molecule has 3 aromatic rings. The summed E-state index contributed by atoms with van der Waals surface area (Å²) in [7, 11) is 0. The number of imidazole rings is 1. The Morgan fingerprint density at radius 1 is 1.05 bits per heavy atom. The van der Waals surface area contributed by atoms with E-state index < -0.39 is 6.10 Å². The molecule has 0 amide bonds. The maximum absolute atomic E-state index is 10.8. The minimum absolute atomic E-state index is 0.133. The number of aliphatic hydroxyl groups excluding tert-OH is 1. The molecule has 1 aliphatic rings. The topological polar surface area (TPSA) is 50.9 Å². The van der Waals surface area contributed by atoms with Crippen molar-refractivity contribution in [2.45, 2.75) is 12.1 Å². The fraction of sp³-hybridized carbons (Fsp3) is 0.125. The molecule has 4 rings (SSSR count). The van der Waals surface area contributed by atoms with Crippen LogP contribution in [0.1, 0.15) is 23.3 Å². The van der Waals surface area contributed by atoms with Crippen LogP contribution in [0, 0.1) is 0 Å². The molecule has 2 atom stereocenters. The first kappa shape index (κ1) is 11.4. The van der Waals surface area contributed by atoms with Crippen molar-refractivity contribution >= 4 is 0 Å². The van der Waals surface area contributed by atoms with Gasteiger partial charge in [-0.15, -0.1) is 0 Å². The first-order valence-electron chi connectivity index (χ1n) is 6.55. The summed E-state index contributed by atoms with van der Waals surface area (Å²) >= 11 is 0. The molecule has 0 aliphatic carbocycles. The normalized spacial score (nSPS) is 17.6. The molecule has 0 saturated heterocycles. The minimum Gasteiger partial charge on any atom is -0.386 e. The lowest BCUT2D eigenvalue weighted by Gasteiger charge is -2.21. The van der Waals surface area contributed by atoms with E-state index in [4.69, 9.17) is 0 Å². The van der Waals surface area contributed by atoms with Crippen molar-refractivity contribution in [1.29, 1.82) is 0 Å². The number of pyridine rings is 1. The zero-order valence-electron chi connectivity index (χ0n) is 10.7. The van der Waals surface area contributed by atoms with E-state index in [0.717, 1.165) is 22.4 Å². The van der Waals surface area contributed by atoms with Crippen molar-refractivity contribution < 1.29 is 5.11 Å². The summed E-state index contributed by atoms with van der Waals surface area (Å²) in [5, 5.41) is 10.8. The monoisotopic (exact) mass is 263 g/mol. The second kappa shape index (κ2) is 4.28. The quantitative estimate of drug-likeness (QED) is 0.773. The summed E-state index contributed by atoms with van der Waals surface area (Å²) in [6, 6.07) is 11.7. The van der Waals surface area contributed by atoms with Gasteiger partial charge in [0.2, 0.25) is 0 Å². The average molecular weight is 263 g/mol. The van der Waals surface area contributed by atoms with Gasteiger partial charge in [-0.3, -0.25) is 4.98 Å². The zero-order chi connectivity index (χ0) is 13.5. The van der Waals surface area contributed by atoms with Gasteiger partial charge >= 0.3 is 0 Å². The Balaban J connectivity index is 1.87. The SMILES string of the molecule is OC(c1ccncc1)C1c2ccccc2-c2cncn21. The summed E-state index contributed by atoms with van der Waals surface area (Å²) < 4.78 is 2.04. The predicted octanol–water partition coefficient (Wildman–Crippen LogP) is 2.58. The molecule has 4 nitrogen and oxygen atoms in total. The lowest BCUT2D eigenvalue weighted by molar-refractivity contribution is 0.135. The van der Waals surface area contributed by atoms with Crippen LogP contribution in [-0.4, -0.2) is 19.6 Å². The van der Waals surface area contributed by atoms with Gasteiger partial charge in [-0.1, -0.05) is 24.3 Å². The van der Waals surface area contributed by atoms with Gasteiger partial charge in [0.1, 0.15) is 6.10 Å². The average Bonchev–Trinajstić information content (AvgIpc) is 3.08. The number of benzene rings is 1. The van der Waals surface area contributed by atoms with E-state index >= 15 is 0 Å². The molecule has 3 heterocycles. The van der Waals surface area contributed by atoms with Crippen LogP contribution in [0.2, 0.25) is 0 Å². The highest BCUT2D eigenvalue weighted by molar-refractivity contribution is 5.69. The van der Waals surface area contributed by atoms with Crippen LogP contribution in [0.5, 0.6) is 0 Å². The Morgan fingerprint density at radius 3 is 2.70 bits per heavy atom. The molecule has 0 radical (unpaired) electrons. The third kappa shape index (κ3) is 1.52. The van der Waals surface area contributed by atoms with Crippen LogP contribution in [0.15, 0.2) is 61.3 Å². The molecule has 0 spiro atoms. The second-order valence-corrected chi connectivity index (χ2v) is 4.94. The summed E-state index contributed by atoms with van der Waals surface area (Å²) in [6.45, 7) is 0. The van der Waals surface area contributed by atoms with Crippen LogP contribution >= 0.6 is 0 Å². The number of nitrogens with zero attached hydrogens (tertiary/aromatic N) is 3. The molecule has 0 fully saturated rings. The Labute approximate surface area is 116 Å². The highest BCUT2D eigenvalue weighted by Crippen LogP contribution is 2.44. The van der Waals surface area contributed by atoms with Gasteiger partial charge < -0.3 is 9.67 Å². The van der Waals surface area contributed by atoms with Crippen LogP contribution in [0.4, 0.5) is 0 Å². The van der Waals surface area contributed by atoms with Crippen LogP contribution in [0.25, 0.3) is 11.3 Å². The van der Waals surface area contributed by atoms with Crippen molar-refractivity contribution in [2.24, 2.45) is 0 Å². The van der Waals surface area contributed by atoms with Crippen LogP contribution in [0.3, 0.4) is 0 Å². The van der Waals surface area contributed by atoms with Crippen molar-refractivity contribution in [3.63, 3.8) is 0 Å². The third-order valence-electron chi connectivity index (χ3n) is 3.87. The van der Waals surface area contributed by atoms with Gasteiger partial charge in [-0.2, -0.15) is 0 Å². The standard InChI is InChI=1S/C16H13N3O/c20-16(11-5-7-17-8-6-11)15-13-4-2-1-3-12(13)14-9-18-10-19(14)15/h1-10,15-16,20H.